The number of aromatic nitrogens is 1. The van der Waals surface area contributed by atoms with Crippen LogP contribution in [0.1, 0.15) is 35.5 Å². The van der Waals surface area contributed by atoms with Crippen molar-refractivity contribution in [2.45, 2.75) is 39.1 Å². The van der Waals surface area contributed by atoms with E-state index in [2.05, 4.69) is 41.2 Å². The van der Waals surface area contributed by atoms with Crippen LogP contribution in [0.4, 0.5) is 0 Å². The molecule has 1 fully saturated rings. The number of pyridine rings is 1. The highest BCUT2D eigenvalue weighted by atomic mass is 16.5. The van der Waals surface area contributed by atoms with Crippen molar-refractivity contribution < 1.29 is 9.53 Å². The molecule has 2 aromatic rings. The van der Waals surface area contributed by atoms with E-state index < -0.39 is 0 Å². The van der Waals surface area contributed by atoms with Gasteiger partial charge in [-0.25, -0.2) is 0 Å². The average molecular weight is 339 g/mol. The first-order valence-electron chi connectivity index (χ1n) is 8.75. The third-order valence-corrected chi connectivity index (χ3v) is 4.34. The number of hydrogen-bond donors (Lipinski definition) is 1. The Balaban J connectivity index is 1.64. The maximum absolute atomic E-state index is 12.2. The number of amides is 1. The van der Waals surface area contributed by atoms with Crippen molar-refractivity contribution in [2.24, 2.45) is 0 Å². The Morgan fingerprint density at radius 2 is 1.80 bits per heavy atom. The second-order valence-corrected chi connectivity index (χ2v) is 6.62. The van der Waals surface area contributed by atoms with Crippen molar-refractivity contribution in [3.05, 3.63) is 65.5 Å². The molecule has 1 aliphatic heterocycles. The quantitative estimate of drug-likeness (QED) is 0.910. The van der Waals surface area contributed by atoms with E-state index in [-0.39, 0.29) is 18.1 Å². The predicted molar refractivity (Wildman–Crippen MR) is 97.1 cm³/mol. The summed E-state index contributed by atoms with van der Waals surface area (Å²) in [7, 11) is 0. The minimum Gasteiger partial charge on any atom is -0.373 e. The van der Waals surface area contributed by atoms with E-state index in [9.17, 15) is 4.79 Å². The van der Waals surface area contributed by atoms with Crippen LogP contribution in [0, 0.1) is 0 Å². The predicted octanol–water partition coefficient (Wildman–Crippen LogP) is 2.62. The smallest absolute Gasteiger partial charge is 0.270 e. The van der Waals surface area contributed by atoms with E-state index in [0.29, 0.717) is 12.2 Å². The SMILES string of the molecule is C[C@@H]1CN(Cc2ccccc2CNC(=O)c2ccccn2)C[C@H](C)O1. The number of hydrogen-bond acceptors (Lipinski definition) is 4. The first-order chi connectivity index (χ1) is 12.1. The number of morpholine rings is 1. The van der Waals surface area contributed by atoms with Gasteiger partial charge in [0.2, 0.25) is 0 Å². The molecule has 0 spiro atoms. The lowest BCUT2D eigenvalue weighted by molar-refractivity contribution is -0.0705. The van der Waals surface area contributed by atoms with E-state index in [0.717, 1.165) is 25.2 Å². The van der Waals surface area contributed by atoms with E-state index >= 15 is 0 Å². The summed E-state index contributed by atoms with van der Waals surface area (Å²) < 4.78 is 5.81. The summed E-state index contributed by atoms with van der Waals surface area (Å²) in [5.41, 5.74) is 2.82. The first-order valence-corrected chi connectivity index (χ1v) is 8.75. The van der Waals surface area contributed by atoms with Crippen LogP contribution in [-0.2, 0) is 17.8 Å². The van der Waals surface area contributed by atoms with Crippen LogP contribution in [0.5, 0.6) is 0 Å². The topological polar surface area (TPSA) is 54.5 Å². The number of carbonyl (C=O) groups excluding carboxylic acids is 1. The standard InChI is InChI=1S/C20H25N3O2/c1-15-12-23(13-16(2)25-15)14-18-8-4-3-7-17(18)11-22-20(24)19-9-5-6-10-21-19/h3-10,15-16H,11-14H2,1-2H3,(H,22,24)/t15-,16+. The molecule has 1 aliphatic rings. The Bertz CT molecular complexity index is 695. The van der Waals surface area contributed by atoms with Crippen molar-refractivity contribution in [3.8, 4) is 0 Å². The lowest BCUT2D eigenvalue weighted by atomic mass is 10.1. The van der Waals surface area contributed by atoms with Gasteiger partial charge >= 0.3 is 0 Å². The number of ether oxygens (including phenoxy) is 1. The molecule has 2 heterocycles. The molecule has 25 heavy (non-hydrogen) atoms. The molecule has 0 radical (unpaired) electrons. The molecule has 1 N–H and O–H groups in total. The zero-order valence-electron chi connectivity index (χ0n) is 14.8. The van der Waals surface area contributed by atoms with E-state index in [1.54, 1.807) is 18.3 Å². The van der Waals surface area contributed by atoms with Gasteiger partial charge in [-0.2, -0.15) is 0 Å². The average Bonchev–Trinajstić information content (AvgIpc) is 2.60. The largest absolute Gasteiger partial charge is 0.373 e. The van der Waals surface area contributed by atoms with Crippen LogP contribution in [0.15, 0.2) is 48.7 Å². The highest BCUT2D eigenvalue weighted by Gasteiger charge is 2.22. The van der Waals surface area contributed by atoms with Crippen molar-refractivity contribution in [2.75, 3.05) is 13.1 Å². The maximum Gasteiger partial charge on any atom is 0.270 e. The molecule has 5 nitrogen and oxygen atoms in total. The molecule has 0 unspecified atom stereocenters. The summed E-state index contributed by atoms with van der Waals surface area (Å²) in [6.07, 6.45) is 2.13. The van der Waals surface area contributed by atoms with E-state index in [1.807, 2.05) is 18.2 Å². The van der Waals surface area contributed by atoms with Crippen molar-refractivity contribution in [1.29, 1.82) is 0 Å². The third kappa shape index (κ3) is 4.87. The fourth-order valence-electron chi connectivity index (χ4n) is 3.30. The van der Waals surface area contributed by atoms with Crippen molar-refractivity contribution >= 4 is 5.91 Å². The number of rotatable bonds is 5. The maximum atomic E-state index is 12.2. The fourth-order valence-corrected chi connectivity index (χ4v) is 3.30. The minimum absolute atomic E-state index is 0.149. The Morgan fingerprint density at radius 3 is 2.48 bits per heavy atom. The zero-order valence-corrected chi connectivity index (χ0v) is 14.8. The normalized spacial score (nSPS) is 21.0. The first kappa shape index (κ1) is 17.6. The summed E-state index contributed by atoms with van der Waals surface area (Å²) in [5.74, 6) is -0.149. The summed E-state index contributed by atoms with van der Waals surface area (Å²) in [6, 6.07) is 13.6. The molecular formula is C20H25N3O2. The van der Waals surface area contributed by atoms with E-state index in [4.69, 9.17) is 4.74 Å². The van der Waals surface area contributed by atoms with E-state index in [1.165, 1.54) is 5.56 Å². The van der Waals surface area contributed by atoms with Gasteiger partial charge in [0, 0.05) is 32.4 Å². The molecule has 5 heteroatoms. The summed E-state index contributed by atoms with van der Waals surface area (Å²) >= 11 is 0. The molecule has 3 rings (SSSR count). The second kappa shape index (κ2) is 8.23. The molecule has 132 valence electrons. The highest BCUT2D eigenvalue weighted by Crippen LogP contribution is 2.17. The fraction of sp³-hybridized carbons (Fsp3) is 0.400. The third-order valence-electron chi connectivity index (χ3n) is 4.34. The molecule has 1 aromatic carbocycles. The highest BCUT2D eigenvalue weighted by molar-refractivity contribution is 5.92. The molecule has 0 aliphatic carbocycles. The van der Waals surface area contributed by atoms with Gasteiger partial charge in [0.05, 0.1) is 12.2 Å². The summed E-state index contributed by atoms with van der Waals surface area (Å²) in [5, 5.41) is 2.97. The molecule has 0 bridgehead atoms. The lowest BCUT2D eigenvalue weighted by Gasteiger charge is -2.35. The van der Waals surface area contributed by atoms with Gasteiger partial charge in [-0.3, -0.25) is 14.7 Å². The number of nitrogens with zero attached hydrogens (tertiary/aromatic N) is 2. The summed E-state index contributed by atoms with van der Waals surface area (Å²) in [6.45, 7) is 7.45. The zero-order chi connectivity index (χ0) is 17.6. The van der Waals surface area contributed by atoms with Crippen LogP contribution < -0.4 is 5.32 Å². The van der Waals surface area contributed by atoms with Crippen LogP contribution in [0.2, 0.25) is 0 Å². The van der Waals surface area contributed by atoms with Gasteiger partial charge < -0.3 is 10.1 Å². The molecule has 1 amide bonds. The monoisotopic (exact) mass is 339 g/mol. The Kier molecular flexibility index (Phi) is 5.79. The van der Waals surface area contributed by atoms with Crippen LogP contribution >= 0.6 is 0 Å². The minimum atomic E-state index is -0.149. The molecular weight excluding hydrogens is 314 g/mol. The van der Waals surface area contributed by atoms with Crippen LogP contribution in [0.3, 0.4) is 0 Å². The Hall–Kier alpha value is -2.24. The van der Waals surface area contributed by atoms with Gasteiger partial charge in [-0.05, 0) is 37.1 Å². The van der Waals surface area contributed by atoms with Gasteiger partial charge in [-0.15, -0.1) is 0 Å². The van der Waals surface area contributed by atoms with Gasteiger partial charge in [0.25, 0.3) is 5.91 Å². The number of benzene rings is 1. The van der Waals surface area contributed by atoms with Gasteiger partial charge in [0.15, 0.2) is 0 Å². The van der Waals surface area contributed by atoms with Gasteiger partial charge in [0.1, 0.15) is 5.69 Å². The molecule has 1 aromatic heterocycles. The van der Waals surface area contributed by atoms with Crippen LogP contribution in [0.25, 0.3) is 0 Å². The van der Waals surface area contributed by atoms with Crippen molar-refractivity contribution in [1.82, 2.24) is 15.2 Å². The van der Waals surface area contributed by atoms with Crippen LogP contribution in [-0.4, -0.2) is 41.1 Å². The van der Waals surface area contributed by atoms with Crippen molar-refractivity contribution in [3.63, 3.8) is 0 Å². The van der Waals surface area contributed by atoms with Gasteiger partial charge in [-0.1, -0.05) is 30.3 Å². The molecule has 2 atom stereocenters. The number of nitrogens with one attached hydrogen (secondary N) is 1. The molecule has 0 saturated carbocycles. The Morgan fingerprint density at radius 1 is 1.12 bits per heavy atom. The lowest BCUT2D eigenvalue weighted by Crippen LogP contribution is -2.45. The number of carbonyl (C=O) groups is 1. The second-order valence-electron chi connectivity index (χ2n) is 6.62. The Labute approximate surface area is 149 Å². The molecule has 1 saturated heterocycles. The summed E-state index contributed by atoms with van der Waals surface area (Å²) in [4.78, 5) is 18.7.